The van der Waals surface area contributed by atoms with Crippen molar-refractivity contribution in [1.82, 2.24) is 24.6 Å². The van der Waals surface area contributed by atoms with Gasteiger partial charge in [0.05, 0.1) is 17.1 Å². The number of thiophene rings is 1. The predicted molar refractivity (Wildman–Crippen MR) is 107 cm³/mol. The molecular weight excluding hydrogens is 360 g/mol. The Kier molecular flexibility index (Phi) is 4.82. The zero-order valence-corrected chi connectivity index (χ0v) is 16.7. The molecule has 27 heavy (non-hydrogen) atoms. The highest BCUT2D eigenvalue weighted by atomic mass is 32.1. The van der Waals surface area contributed by atoms with Crippen molar-refractivity contribution in [3.05, 3.63) is 35.2 Å². The lowest BCUT2D eigenvalue weighted by Gasteiger charge is -2.38. The van der Waals surface area contributed by atoms with Gasteiger partial charge in [0.2, 0.25) is 0 Å². The topological polar surface area (TPSA) is 67.2 Å². The Morgan fingerprint density at radius 3 is 3.00 bits per heavy atom. The Morgan fingerprint density at radius 1 is 1.41 bits per heavy atom. The molecule has 142 valence electrons. The van der Waals surface area contributed by atoms with Gasteiger partial charge in [0.1, 0.15) is 17.0 Å². The van der Waals surface area contributed by atoms with E-state index in [1.54, 1.807) is 34.7 Å². The monoisotopic (exact) mass is 384 g/mol. The third-order valence-corrected chi connectivity index (χ3v) is 6.41. The van der Waals surface area contributed by atoms with Crippen LogP contribution in [0.2, 0.25) is 0 Å². The van der Waals surface area contributed by atoms with Crippen LogP contribution >= 0.6 is 11.3 Å². The van der Waals surface area contributed by atoms with Crippen LogP contribution in [0.15, 0.2) is 24.8 Å². The van der Waals surface area contributed by atoms with E-state index in [2.05, 4.69) is 33.0 Å². The van der Waals surface area contributed by atoms with Gasteiger partial charge in [-0.3, -0.25) is 9.48 Å². The normalized spacial score (nSPS) is 17.4. The summed E-state index contributed by atoms with van der Waals surface area (Å²) >= 11 is 1.74. The van der Waals surface area contributed by atoms with Gasteiger partial charge in [-0.1, -0.05) is 6.92 Å². The third-order valence-electron chi connectivity index (χ3n) is 5.22. The molecule has 1 aliphatic heterocycles. The number of piperidine rings is 1. The van der Waals surface area contributed by atoms with E-state index in [0.29, 0.717) is 5.56 Å². The average Bonchev–Trinajstić information content (AvgIpc) is 3.32. The zero-order valence-electron chi connectivity index (χ0n) is 15.9. The van der Waals surface area contributed by atoms with E-state index >= 15 is 0 Å². The van der Waals surface area contributed by atoms with Crippen LogP contribution < -0.4 is 4.90 Å². The van der Waals surface area contributed by atoms with E-state index in [9.17, 15) is 4.79 Å². The molecule has 7 nitrogen and oxygen atoms in total. The first-order valence-electron chi connectivity index (χ1n) is 9.31. The largest absolute Gasteiger partial charge is 0.354 e. The maximum atomic E-state index is 12.8. The van der Waals surface area contributed by atoms with E-state index in [1.165, 1.54) is 4.88 Å². The van der Waals surface area contributed by atoms with E-state index in [1.807, 2.05) is 19.0 Å². The van der Waals surface area contributed by atoms with Crippen molar-refractivity contribution < 1.29 is 4.79 Å². The third kappa shape index (κ3) is 3.41. The molecule has 1 saturated heterocycles. The number of amides is 1. The van der Waals surface area contributed by atoms with E-state index in [0.717, 1.165) is 48.4 Å². The lowest BCUT2D eigenvalue weighted by molar-refractivity contribution is 0.0717. The number of fused-ring (bicyclic) bond motifs is 1. The maximum Gasteiger partial charge on any atom is 0.257 e. The lowest BCUT2D eigenvalue weighted by atomic mass is 10.0. The van der Waals surface area contributed by atoms with Gasteiger partial charge in [0, 0.05) is 44.3 Å². The summed E-state index contributed by atoms with van der Waals surface area (Å²) in [5, 5.41) is 5.24. The first-order valence-corrected chi connectivity index (χ1v) is 10.1. The summed E-state index contributed by atoms with van der Waals surface area (Å²) in [6, 6.07) is 2.37. The van der Waals surface area contributed by atoms with Gasteiger partial charge in [-0.15, -0.1) is 11.3 Å². The Hall–Kier alpha value is -2.48. The van der Waals surface area contributed by atoms with Gasteiger partial charge < -0.3 is 9.80 Å². The predicted octanol–water partition coefficient (Wildman–Crippen LogP) is 2.73. The van der Waals surface area contributed by atoms with E-state index < -0.39 is 0 Å². The number of hydrogen-bond acceptors (Lipinski definition) is 6. The smallest absolute Gasteiger partial charge is 0.257 e. The number of hydrogen-bond donors (Lipinski definition) is 0. The van der Waals surface area contributed by atoms with Crippen molar-refractivity contribution in [2.24, 2.45) is 7.05 Å². The van der Waals surface area contributed by atoms with Crippen molar-refractivity contribution in [1.29, 1.82) is 0 Å². The van der Waals surface area contributed by atoms with Gasteiger partial charge in [-0.25, -0.2) is 9.97 Å². The van der Waals surface area contributed by atoms with Gasteiger partial charge >= 0.3 is 0 Å². The SMILES string of the molecule is CCc1cc2c(N3CCCC(N(C)C(=O)c4cnn(C)c4)C3)ncnc2s1. The summed E-state index contributed by atoms with van der Waals surface area (Å²) in [5.74, 6) is 1.01. The highest BCUT2D eigenvalue weighted by Crippen LogP contribution is 2.32. The van der Waals surface area contributed by atoms with Crippen LogP contribution in [0.5, 0.6) is 0 Å². The van der Waals surface area contributed by atoms with Crippen LogP contribution in [0.4, 0.5) is 5.82 Å². The zero-order chi connectivity index (χ0) is 19.0. The number of rotatable bonds is 4. The highest BCUT2D eigenvalue weighted by Gasteiger charge is 2.28. The number of carbonyl (C=O) groups is 1. The molecule has 0 N–H and O–H groups in total. The van der Waals surface area contributed by atoms with Crippen molar-refractivity contribution in [3.63, 3.8) is 0 Å². The van der Waals surface area contributed by atoms with Crippen molar-refractivity contribution in [3.8, 4) is 0 Å². The summed E-state index contributed by atoms with van der Waals surface area (Å²) in [6.45, 7) is 3.90. The molecule has 0 spiro atoms. The molecule has 1 atom stereocenters. The van der Waals surface area contributed by atoms with Crippen LogP contribution in [0.1, 0.15) is 35.0 Å². The van der Waals surface area contributed by atoms with Gasteiger partial charge in [0.15, 0.2) is 0 Å². The van der Waals surface area contributed by atoms with E-state index in [-0.39, 0.29) is 11.9 Å². The van der Waals surface area contributed by atoms with Crippen molar-refractivity contribution in [2.45, 2.75) is 32.2 Å². The van der Waals surface area contributed by atoms with Crippen LogP contribution in [-0.2, 0) is 13.5 Å². The lowest BCUT2D eigenvalue weighted by Crippen LogP contribution is -2.48. The van der Waals surface area contributed by atoms with Crippen molar-refractivity contribution >= 4 is 33.3 Å². The van der Waals surface area contributed by atoms with Crippen LogP contribution in [0.25, 0.3) is 10.2 Å². The quantitative estimate of drug-likeness (QED) is 0.692. The number of aryl methyl sites for hydroxylation is 2. The number of likely N-dealkylation sites (N-methyl/N-ethyl adjacent to an activating group) is 1. The van der Waals surface area contributed by atoms with Gasteiger partial charge in [0.25, 0.3) is 5.91 Å². The average molecular weight is 385 g/mol. The molecule has 1 fully saturated rings. The Morgan fingerprint density at radius 2 is 2.26 bits per heavy atom. The fourth-order valence-electron chi connectivity index (χ4n) is 3.68. The minimum absolute atomic E-state index is 0.0200. The summed E-state index contributed by atoms with van der Waals surface area (Å²) in [5.41, 5.74) is 0.631. The molecule has 0 bridgehead atoms. The number of nitrogens with zero attached hydrogens (tertiary/aromatic N) is 6. The summed E-state index contributed by atoms with van der Waals surface area (Å²) < 4.78 is 1.66. The Labute approximate surface area is 162 Å². The molecule has 3 aromatic rings. The minimum Gasteiger partial charge on any atom is -0.354 e. The summed E-state index contributed by atoms with van der Waals surface area (Å²) in [7, 11) is 3.71. The van der Waals surface area contributed by atoms with E-state index in [4.69, 9.17) is 0 Å². The number of aromatic nitrogens is 4. The maximum absolute atomic E-state index is 12.8. The molecule has 1 amide bonds. The second kappa shape index (κ2) is 7.26. The molecule has 0 saturated carbocycles. The van der Waals surface area contributed by atoms with Crippen molar-refractivity contribution in [2.75, 3.05) is 25.0 Å². The fraction of sp³-hybridized carbons (Fsp3) is 0.474. The number of anilines is 1. The Balaban J connectivity index is 1.56. The molecule has 1 aliphatic rings. The molecule has 8 heteroatoms. The van der Waals surface area contributed by atoms with Gasteiger partial charge in [-0.05, 0) is 25.3 Å². The van der Waals surface area contributed by atoms with Gasteiger partial charge in [-0.2, -0.15) is 5.10 Å². The molecule has 0 aliphatic carbocycles. The fourth-order valence-corrected chi connectivity index (χ4v) is 4.61. The first kappa shape index (κ1) is 17.9. The molecule has 4 rings (SSSR count). The summed E-state index contributed by atoms with van der Waals surface area (Å²) in [6.07, 6.45) is 8.09. The Bertz CT molecular complexity index is 964. The first-order chi connectivity index (χ1) is 13.1. The van der Waals surface area contributed by atoms with Crippen LogP contribution in [0, 0.1) is 0 Å². The standard InChI is InChI=1S/C19H24N6OS/c1-4-15-8-16-17(20-12-21-18(16)27-15)25-7-5-6-14(11-25)24(3)19(26)13-9-22-23(2)10-13/h8-10,12,14H,4-7,11H2,1-3H3. The molecule has 0 radical (unpaired) electrons. The van der Waals surface area contributed by atoms with Crippen LogP contribution in [-0.4, -0.2) is 56.7 Å². The summed E-state index contributed by atoms with van der Waals surface area (Å²) in [4.78, 5) is 28.3. The highest BCUT2D eigenvalue weighted by molar-refractivity contribution is 7.18. The molecule has 1 unspecified atom stereocenters. The molecule has 0 aromatic carbocycles. The second-order valence-corrected chi connectivity index (χ2v) is 8.16. The van der Waals surface area contributed by atoms with Crippen LogP contribution in [0.3, 0.4) is 0 Å². The second-order valence-electron chi connectivity index (χ2n) is 7.04. The molecule has 4 heterocycles. The minimum atomic E-state index is 0.0200. The molecule has 3 aromatic heterocycles. The molecular formula is C19H24N6OS. The number of carbonyl (C=O) groups excluding carboxylic acids is 1.